The zero-order valence-corrected chi connectivity index (χ0v) is 10.7. The largest absolute Gasteiger partial charge is 0.300 e. The molecular formula is C17H18O. The molecule has 0 bridgehead atoms. The molecule has 2 rings (SSSR count). The molecule has 18 heavy (non-hydrogen) atoms. The summed E-state index contributed by atoms with van der Waals surface area (Å²) in [5.74, 6) is 0.274. The molecule has 0 fully saturated rings. The van der Waals surface area contributed by atoms with E-state index in [1.165, 1.54) is 16.7 Å². The molecule has 0 N–H and O–H groups in total. The summed E-state index contributed by atoms with van der Waals surface area (Å²) in [5, 5.41) is 0. The van der Waals surface area contributed by atoms with Crippen molar-refractivity contribution in [2.24, 2.45) is 0 Å². The van der Waals surface area contributed by atoms with Gasteiger partial charge in [-0.1, -0.05) is 54.6 Å². The van der Waals surface area contributed by atoms with Gasteiger partial charge in [0, 0.05) is 6.42 Å². The van der Waals surface area contributed by atoms with Gasteiger partial charge in [-0.2, -0.15) is 0 Å². The second kappa shape index (κ2) is 6.15. The third-order valence-corrected chi connectivity index (χ3v) is 3.06. The van der Waals surface area contributed by atoms with Crippen LogP contribution < -0.4 is 0 Å². The molecule has 1 nitrogen and oxygen atoms in total. The maximum Gasteiger partial charge on any atom is 0.129 e. The van der Waals surface area contributed by atoms with Gasteiger partial charge in [0.05, 0.1) is 0 Å². The molecule has 0 aliphatic carbocycles. The first-order valence-corrected chi connectivity index (χ1v) is 6.39. The number of carbonyl (C=O) groups is 1. The van der Waals surface area contributed by atoms with Crippen LogP contribution in [0.5, 0.6) is 0 Å². The van der Waals surface area contributed by atoms with Crippen molar-refractivity contribution in [3.05, 3.63) is 60.2 Å². The lowest BCUT2D eigenvalue weighted by Gasteiger charge is -2.04. The third-order valence-electron chi connectivity index (χ3n) is 3.06. The van der Waals surface area contributed by atoms with E-state index in [2.05, 4.69) is 48.5 Å². The summed E-state index contributed by atoms with van der Waals surface area (Å²) in [6.07, 6.45) is 2.61. The highest BCUT2D eigenvalue weighted by Gasteiger charge is 1.99. The van der Waals surface area contributed by atoms with Gasteiger partial charge < -0.3 is 4.79 Å². The van der Waals surface area contributed by atoms with Crippen LogP contribution in [-0.2, 0) is 11.2 Å². The van der Waals surface area contributed by atoms with Gasteiger partial charge in [-0.05, 0) is 36.5 Å². The molecule has 0 aliphatic rings. The van der Waals surface area contributed by atoms with Crippen molar-refractivity contribution in [3.8, 4) is 11.1 Å². The lowest BCUT2D eigenvalue weighted by atomic mass is 10.0. The van der Waals surface area contributed by atoms with Gasteiger partial charge in [0.1, 0.15) is 5.78 Å². The second-order valence-corrected chi connectivity index (χ2v) is 4.62. The average molecular weight is 238 g/mol. The average Bonchev–Trinajstić information content (AvgIpc) is 2.40. The van der Waals surface area contributed by atoms with Crippen molar-refractivity contribution in [1.29, 1.82) is 0 Å². The van der Waals surface area contributed by atoms with Gasteiger partial charge in [0.25, 0.3) is 0 Å². The Bertz CT molecular complexity index is 497. The molecule has 0 amide bonds. The van der Waals surface area contributed by atoms with E-state index < -0.39 is 0 Å². The molecule has 0 saturated carbocycles. The normalized spacial score (nSPS) is 10.3. The van der Waals surface area contributed by atoms with E-state index in [0.717, 1.165) is 12.8 Å². The van der Waals surface area contributed by atoms with Crippen molar-refractivity contribution < 1.29 is 4.79 Å². The highest BCUT2D eigenvalue weighted by Crippen LogP contribution is 2.19. The van der Waals surface area contributed by atoms with Crippen LogP contribution in [0, 0.1) is 0 Å². The Morgan fingerprint density at radius 2 is 1.50 bits per heavy atom. The molecule has 1 heteroatoms. The predicted octanol–water partition coefficient (Wildman–Crippen LogP) is 4.27. The van der Waals surface area contributed by atoms with Crippen molar-refractivity contribution >= 4 is 5.78 Å². The second-order valence-electron chi connectivity index (χ2n) is 4.62. The predicted molar refractivity (Wildman–Crippen MR) is 75.5 cm³/mol. The fourth-order valence-electron chi connectivity index (χ4n) is 2.04. The fraction of sp³-hybridized carbons (Fsp3) is 0.235. The highest BCUT2D eigenvalue weighted by molar-refractivity contribution is 5.75. The van der Waals surface area contributed by atoms with Crippen molar-refractivity contribution in [2.45, 2.75) is 26.2 Å². The standard InChI is InChI=1S/C17H18O/c1-14(18)6-5-7-15-10-12-17(13-11-15)16-8-3-2-4-9-16/h2-4,8-13H,5-7H2,1H3. The van der Waals surface area contributed by atoms with Gasteiger partial charge in [-0.15, -0.1) is 0 Å². The van der Waals surface area contributed by atoms with E-state index in [4.69, 9.17) is 0 Å². The monoisotopic (exact) mass is 238 g/mol. The van der Waals surface area contributed by atoms with Gasteiger partial charge in [-0.25, -0.2) is 0 Å². The van der Waals surface area contributed by atoms with Gasteiger partial charge in [-0.3, -0.25) is 0 Å². The first-order chi connectivity index (χ1) is 8.75. The summed E-state index contributed by atoms with van der Waals surface area (Å²) in [6, 6.07) is 19.0. The Hall–Kier alpha value is -1.89. The van der Waals surface area contributed by atoms with Crippen molar-refractivity contribution in [3.63, 3.8) is 0 Å². The number of carbonyl (C=O) groups excluding carboxylic acids is 1. The summed E-state index contributed by atoms with van der Waals surface area (Å²) in [6.45, 7) is 1.65. The van der Waals surface area contributed by atoms with Crippen LogP contribution in [0.15, 0.2) is 54.6 Å². The Morgan fingerprint density at radius 3 is 2.11 bits per heavy atom. The van der Waals surface area contributed by atoms with Gasteiger partial charge in [0.2, 0.25) is 0 Å². The van der Waals surface area contributed by atoms with E-state index >= 15 is 0 Å². The molecule has 0 aromatic heterocycles. The number of rotatable bonds is 5. The van der Waals surface area contributed by atoms with Crippen LogP contribution in [0.25, 0.3) is 11.1 Å². The van der Waals surface area contributed by atoms with Crippen LogP contribution in [0.2, 0.25) is 0 Å². The number of Topliss-reactive ketones (excluding diaryl/α,β-unsaturated/α-hetero) is 1. The first kappa shape index (κ1) is 12.6. The number of aryl methyl sites for hydroxylation is 1. The number of ketones is 1. The van der Waals surface area contributed by atoms with E-state index in [1.54, 1.807) is 6.92 Å². The SMILES string of the molecule is CC(=O)CCCc1ccc(-c2ccccc2)cc1. The summed E-state index contributed by atoms with van der Waals surface area (Å²) >= 11 is 0. The van der Waals surface area contributed by atoms with Crippen molar-refractivity contribution in [2.75, 3.05) is 0 Å². The van der Waals surface area contributed by atoms with Crippen LogP contribution in [0.1, 0.15) is 25.3 Å². The Kier molecular flexibility index (Phi) is 4.30. The van der Waals surface area contributed by atoms with E-state index in [1.807, 2.05) is 6.07 Å². The molecule has 92 valence electrons. The van der Waals surface area contributed by atoms with Crippen LogP contribution >= 0.6 is 0 Å². The molecular weight excluding hydrogens is 220 g/mol. The summed E-state index contributed by atoms with van der Waals surface area (Å²) in [4.78, 5) is 10.9. The minimum atomic E-state index is 0.274. The molecule has 0 spiro atoms. The number of hydrogen-bond donors (Lipinski definition) is 0. The highest BCUT2D eigenvalue weighted by atomic mass is 16.1. The minimum Gasteiger partial charge on any atom is -0.300 e. The third kappa shape index (κ3) is 3.56. The smallest absolute Gasteiger partial charge is 0.129 e. The molecule has 0 aliphatic heterocycles. The maximum atomic E-state index is 10.9. The molecule has 0 radical (unpaired) electrons. The Balaban J connectivity index is 2.00. The zero-order chi connectivity index (χ0) is 12.8. The fourth-order valence-corrected chi connectivity index (χ4v) is 2.04. The molecule has 0 heterocycles. The molecule has 2 aromatic carbocycles. The number of benzene rings is 2. The topological polar surface area (TPSA) is 17.1 Å². The molecule has 0 saturated heterocycles. The van der Waals surface area contributed by atoms with Crippen LogP contribution in [0.3, 0.4) is 0 Å². The van der Waals surface area contributed by atoms with Crippen molar-refractivity contribution in [1.82, 2.24) is 0 Å². The van der Waals surface area contributed by atoms with E-state index in [0.29, 0.717) is 6.42 Å². The summed E-state index contributed by atoms with van der Waals surface area (Å²) in [7, 11) is 0. The van der Waals surface area contributed by atoms with Gasteiger partial charge >= 0.3 is 0 Å². The van der Waals surface area contributed by atoms with E-state index in [9.17, 15) is 4.79 Å². The lowest BCUT2D eigenvalue weighted by molar-refractivity contribution is -0.117. The molecule has 0 unspecified atom stereocenters. The quantitative estimate of drug-likeness (QED) is 0.760. The number of hydrogen-bond acceptors (Lipinski definition) is 1. The lowest BCUT2D eigenvalue weighted by Crippen LogP contribution is -1.92. The first-order valence-electron chi connectivity index (χ1n) is 6.39. The minimum absolute atomic E-state index is 0.274. The summed E-state index contributed by atoms with van der Waals surface area (Å²) in [5.41, 5.74) is 3.79. The van der Waals surface area contributed by atoms with Crippen LogP contribution in [-0.4, -0.2) is 5.78 Å². The maximum absolute atomic E-state index is 10.9. The Labute approximate surface area is 108 Å². The van der Waals surface area contributed by atoms with Crippen LogP contribution in [0.4, 0.5) is 0 Å². The zero-order valence-electron chi connectivity index (χ0n) is 10.7. The molecule has 2 aromatic rings. The van der Waals surface area contributed by atoms with Gasteiger partial charge in [0.15, 0.2) is 0 Å². The Morgan fingerprint density at radius 1 is 0.889 bits per heavy atom. The molecule has 0 atom stereocenters. The van der Waals surface area contributed by atoms with E-state index in [-0.39, 0.29) is 5.78 Å². The summed E-state index contributed by atoms with van der Waals surface area (Å²) < 4.78 is 0.